The van der Waals surface area contributed by atoms with Crippen molar-refractivity contribution in [2.24, 2.45) is 0 Å². The molecule has 1 heterocycles. The summed E-state index contributed by atoms with van der Waals surface area (Å²) in [6.07, 6.45) is 3.24. The molecule has 0 atom stereocenters. The number of phenols is 1. The van der Waals surface area contributed by atoms with Gasteiger partial charge in [0.05, 0.1) is 24.8 Å². The van der Waals surface area contributed by atoms with Gasteiger partial charge in [0, 0.05) is 37.3 Å². The van der Waals surface area contributed by atoms with Crippen LogP contribution in [0.4, 0.5) is 10.5 Å². The molecule has 1 aliphatic rings. The quantitative estimate of drug-likeness (QED) is 0.268. The number of nitrogens with one attached hydrogen (secondary N) is 2. The summed E-state index contributed by atoms with van der Waals surface area (Å²) in [7, 11) is 0. The third-order valence-electron chi connectivity index (χ3n) is 7.53. The number of benzene rings is 3. The summed E-state index contributed by atoms with van der Waals surface area (Å²) in [5, 5.41) is 25.5. The molecule has 0 bridgehead atoms. The lowest BCUT2D eigenvalue weighted by molar-refractivity contribution is -0.135. The first-order chi connectivity index (χ1) is 19.7. The van der Waals surface area contributed by atoms with Crippen molar-refractivity contribution in [1.82, 2.24) is 10.2 Å². The first-order valence-electron chi connectivity index (χ1n) is 14.1. The van der Waals surface area contributed by atoms with Crippen molar-refractivity contribution in [2.45, 2.75) is 51.5 Å². The Labute approximate surface area is 241 Å². The molecule has 8 nitrogen and oxygen atoms in total. The molecule has 3 amide bonds. The van der Waals surface area contributed by atoms with E-state index < -0.39 is 0 Å². The number of carbonyl (C=O) groups excluding carboxylic acids is 2. The average molecular weight is 555 g/mol. The molecule has 8 heteroatoms. The van der Waals surface area contributed by atoms with E-state index in [4.69, 9.17) is 10.00 Å². The van der Waals surface area contributed by atoms with Gasteiger partial charge >= 0.3 is 6.03 Å². The van der Waals surface area contributed by atoms with Gasteiger partial charge < -0.3 is 25.4 Å². The van der Waals surface area contributed by atoms with E-state index >= 15 is 0 Å². The number of ether oxygens (including phenoxy) is 1. The van der Waals surface area contributed by atoms with Crippen LogP contribution in [0.2, 0.25) is 0 Å². The zero-order valence-electron chi connectivity index (χ0n) is 23.8. The van der Waals surface area contributed by atoms with Gasteiger partial charge in [0.1, 0.15) is 5.75 Å². The standard InChI is InChI=1S/C33H38N4O4/c1-33(2,14-4-3-11-31(39)37-15-17-41-18-16-37)27-12-13-29(30(38)21-27)26-9-5-8-25(19-26)23-35-32(40)36-28-10-6-7-24(20-28)22-34/h5-10,12-13,19-21,38H,3-4,11,14-18,23H2,1-2H3,(H2,35,36,40). The maximum absolute atomic E-state index is 12.4. The number of nitriles is 1. The number of nitrogens with zero attached hydrogens (tertiary/aromatic N) is 2. The summed E-state index contributed by atoms with van der Waals surface area (Å²) in [5.74, 6) is 0.412. The largest absolute Gasteiger partial charge is 0.507 e. The summed E-state index contributed by atoms with van der Waals surface area (Å²) >= 11 is 0. The van der Waals surface area contributed by atoms with Crippen LogP contribution in [0.25, 0.3) is 11.1 Å². The maximum Gasteiger partial charge on any atom is 0.319 e. The summed E-state index contributed by atoms with van der Waals surface area (Å²) in [6.45, 7) is 7.25. The molecule has 0 radical (unpaired) electrons. The highest BCUT2D eigenvalue weighted by Gasteiger charge is 2.22. The highest BCUT2D eigenvalue weighted by atomic mass is 16.5. The SMILES string of the molecule is CC(C)(CCCCC(=O)N1CCOCC1)c1ccc(-c2cccc(CNC(=O)Nc3cccc(C#N)c3)c2)c(O)c1. The number of amides is 3. The normalized spacial score (nSPS) is 13.3. The van der Waals surface area contributed by atoms with Crippen molar-refractivity contribution in [2.75, 3.05) is 31.6 Å². The lowest BCUT2D eigenvalue weighted by Crippen LogP contribution is -2.40. The molecule has 0 saturated carbocycles. The summed E-state index contributed by atoms with van der Waals surface area (Å²) < 4.78 is 5.33. The first-order valence-corrected chi connectivity index (χ1v) is 14.1. The van der Waals surface area contributed by atoms with Crippen molar-refractivity contribution >= 4 is 17.6 Å². The molecule has 1 fully saturated rings. The molecule has 3 N–H and O–H groups in total. The minimum Gasteiger partial charge on any atom is -0.507 e. The number of unbranched alkanes of at least 4 members (excludes halogenated alkanes) is 1. The van der Waals surface area contributed by atoms with Crippen molar-refractivity contribution in [3.63, 3.8) is 0 Å². The van der Waals surface area contributed by atoms with E-state index in [1.807, 2.05) is 41.3 Å². The lowest BCUT2D eigenvalue weighted by Gasteiger charge is -2.28. The van der Waals surface area contributed by atoms with Crippen molar-refractivity contribution < 1.29 is 19.4 Å². The Morgan fingerprint density at radius 3 is 2.56 bits per heavy atom. The number of carbonyl (C=O) groups is 2. The number of morpholine rings is 1. The number of hydrogen-bond acceptors (Lipinski definition) is 5. The van der Waals surface area contributed by atoms with Crippen molar-refractivity contribution in [3.05, 3.63) is 83.4 Å². The number of aromatic hydroxyl groups is 1. The Morgan fingerprint density at radius 2 is 1.80 bits per heavy atom. The van der Waals surface area contributed by atoms with Gasteiger partial charge in [-0.15, -0.1) is 0 Å². The second-order valence-electron chi connectivity index (χ2n) is 11.0. The predicted molar refractivity (Wildman–Crippen MR) is 159 cm³/mol. The number of rotatable bonds is 10. The van der Waals surface area contributed by atoms with E-state index in [0.29, 0.717) is 50.5 Å². The zero-order valence-corrected chi connectivity index (χ0v) is 23.8. The Hall–Kier alpha value is -4.35. The Balaban J connectivity index is 1.31. The minimum absolute atomic E-state index is 0.149. The van der Waals surface area contributed by atoms with Crippen molar-refractivity contribution in [3.8, 4) is 22.9 Å². The van der Waals surface area contributed by atoms with Gasteiger partial charge in [-0.25, -0.2) is 4.79 Å². The molecule has 0 unspecified atom stereocenters. The van der Waals surface area contributed by atoms with Crippen LogP contribution in [0, 0.1) is 11.3 Å². The van der Waals surface area contributed by atoms with Crippen LogP contribution in [0.5, 0.6) is 5.75 Å². The fourth-order valence-electron chi connectivity index (χ4n) is 5.03. The lowest BCUT2D eigenvalue weighted by atomic mass is 9.79. The van der Waals surface area contributed by atoms with E-state index in [9.17, 15) is 14.7 Å². The molecule has 1 aliphatic heterocycles. The van der Waals surface area contributed by atoms with E-state index in [1.165, 1.54) is 0 Å². The minimum atomic E-state index is -0.370. The molecule has 0 aliphatic carbocycles. The van der Waals surface area contributed by atoms with Crippen LogP contribution in [-0.2, 0) is 21.5 Å². The fourth-order valence-corrected chi connectivity index (χ4v) is 5.03. The molecule has 41 heavy (non-hydrogen) atoms. The van der Waals surface area contributed by atoms with Gasteiger partial charge in [0.25, 0.3) is 0 Å². The number of hydrogen-bond donors (Lipinski definition) is 3. The van der Waals surface area contributed by atoms with E-state index in [1.54, 1.807) is 24.3 Å². The van der Waals surface area contributed by atoms with Crippen LogP contribution >= 0.6 is 0 Å². The van der Waals surface area contributed by atoms with Gasteiger partial charge in [-0.05, 0) is 65.3 Å². The van der Waals surface area contributed by atoms with Crippen LogP contribution < -0.4 is 10.6 Å². The molecular weight excluding hydrogens is 516 g/mol. The van der Waals surface area contributed by atoms with Gasteiger partial charge in [-0.3, -0.25) is 4.79 Å². The van der Waals surface area contributed by atoms with E-state index in [2.05, 4.69) is 36.6 Å². The number of anilines is 1. The van der Waals surface area contributed by atoms with Crippen LogP contribution in [0.15, 0.2) is 66.7 Å². The highest BCUT2D eigenvalue weighted by molar-refractivity contribution is 5.89. The topological polar surface area (TPSA) is 115 Å². The average Bonchev–Trinajstić information content (AvgIpc) is 2.99. The Kier molecular flexibility index (Phi) is 9.99. The van der Waals surface area contributed by atoms with Gasteiger partial charge in [0.15, 0.2) is 0 Å². The summed E-state index contributed by atoms with van der Waals surface area (Å²) in [6, 6.07) is 21.9. The van der Waals surface area contributed by atoms with Crippen LogP contribution in [-0.4, -0.2) is 48.2 Å². The highest BCUT2D eigenvalue weighted by Crippen LogP contribution is 2.36. The van der Waals surface area contributed by atoms with Gasteiger partial charge in [-0.2, -0.15) is 5.26 Å². The first kappa shape index (κ1) is 29.6. The Morgan fingerprint density at radius 1 is 1.02 bits per heavy atom. The number of urea groups is 1. The van der Waals surface area contributed by atoms with Gasteiger partial charge in [-0.1, -0.05) is 56.7 Å². The predicted octanol–water partition coefficient (Wildman–Crippen LogP) is 5.95. The zero-order chi connectivity index (χ0) is 29.2. The second kappa shape index (κ2) is 13.8. The molecule has 0 spiro atoms. The third kappa shape index (κ3) is 8.32. The molecule has 3 aromatic rings. The molecular formula is C33H38N4O4. The monoisotopic (exact) mass is 554 g/mol. The molecule has 0 aromatic heterocycles. The summed E-state index contributed by atoms with van der Waals surface area (Å²) in [5.41, 5.74) is 4.39. The van der Waals surface area contributed by atoms with Gasteiger partial charge in [0.2, 0.25) is 5.91 Å². The van der Waals surface area contributed by atoms with E-state index in [0.717, 1.165) is 41.5 Å². The molecule has 1 saturated heterocycles. The fraction of sp³-hybridized carbons (Fsp3) is 0.364. The molecule has 4 rings (SSSR count). The maximum atomic E-state index is 12.4. The van der Waals surface area contributed by atoms with E-state index in [-0.39, 0.29) is 23.1 Å². The Bertz CT molecular complexity index is 1410. The molecule has 214 valence electrons. The van der Waals surface area contributed by atoms with Crippen molar-refractivity contribution in [1.29, 1.82) is 5.26 Å². The van der Waals surface area contributed by atoms with Crippen LogP contribution in [0.3, 0.4) is 0 Å². The second-order valence-corrected chi connectivity index (χ2v) is 11.0. The number of phenolic OH excluding ortho intramolecular Hbond substituents is 1. The van der Waals surface area contributed by atoms with Crippen LogP contribution in [0.1, 0.15) is 56.2 Å². The summed E-state index contributed by atoms with van der Waals surface area (Å²) in [4.78, 5) is 26.7. The molecule has 3 aromatic carbocycles. The smallest absolute Gasteiger partial charge is 0.319 e. The third-order valence-corrected chi connectivity index (χ3v) is 7.53.